The van der Waals surface area contributed by atoms with E-state index in [-0.39, 0.29) is 5.92 Å². The first kappa shape index (κ1) is 14.9. The Labute approximate surface area is 111 Å². The second-order valence-electron chi connectivity index (χ2n) is 5.12. The molecule has 3 heteroatoms. The van der Waals surface area contributed by atoms with Crippen LogP contribution in [0.2, 0.25) is 0 Å². The third kappa shape index (κ3) is 4.19. The first-order valence-corrected chi connectivity index (χ1v) is 8.24. The minimum atomic E-state index is 0.249. The normalized spacial score (nSPS) is 27.5. The topological polar surface area (TPSA) is 27.0 Å². The molecule has 1 fully saturated rings. The maximum absolute atomic E-state index is 9.34. The molecule has 3 unspecified atom stereocenters. The Balaban J connectivity index is 2.68. The number of nitrogens with zero attached hydrogens (tertiary/aromatic N) is 2. The lowest BCUT2D eigenvalue weighted by molar-refractivity contribution is 0.143. The summed E-state index contributed by atoms with van der Waals surface area (Å²) in [5, 5.41) is 9.34. The van der Waals surface area contributed by atoms with E-state index in [9.17, 15) is 5.26 Å². The molecule has 1 saturated carbocycles. The Bertz CT molecular complexity index is 249. The molecule has 0 spiro atoms. The van der Waals surface area contributed by atoms with Gasteiger partial charge in [-0.15, -0.1) is 0 Å². The molecule has 0 aromatic heterocycles. The van der Waals surface area contributed by atoms with Gasteiger partial charge in [-0.2, -0.15) is 17.0 Å². The van der Waals surface area contributed by atoms with Crippen molar-refractivity contribution in [3.05, 3.63) is 0 Å². The SMILES string of the molecule is CCC(CSC)N(C)C1CCCCCC1C#N. The summed E-state index contributed by atoms with van der Waals surface area (Å²) in [6.07, 6.45) is 9.50. The highest BCUT2D eigenvalue weighted by Gasteiger charge is 2.29. The van der Waals surface area contributed by atoms with E-state index in [2.05, 4.69) is 31.2 Å². The van der Waals surface area contributed by atoms with Crippen LogP contribution in [0.25, 0.3) is 0 Å². The molecule has 1 aliphatic rings. The van der Waals surface area contributed by atoms with Crippen LogP contribution in [0, 0.1) is 17.2 Å². The van der Waals surface area contributed by atoms with Crippen LogP contribution in [0.1, 0.15) is 45.4 Å². The lowest BCUT2D eigenvalue weighted by atomic mass is 9.94. The monoisotopic (exact) mass is 254 g/mol. The van der Waals surface area contributed by atoms with Crippen LogP contribution < -0.4 is 0 Å². The van der Waals surface area contributed by atoms with Crippen LogP contribution in [-0.4, -0.2) is 36.0 Å². The summed E-state index contributed by atoms with van der Waals surface area (Å²) in [6, 6.07) is 3.66. The first-order valence-electron chi connectivity index (χ1n) is 6.85. The van der Waals surface area contributed by atoms with E-state index < -0.39 is 0 Å². The van der Waals surface area contributed by atoms with Crippen molar-refractivity contribution in [1.29, 1.82) is 5.26 Å². The number of rotatable bonds is 5. The van der Waals surface area contributed by atoms with Crippen molar-refractivity contribution in [2.24, 2.45) is 5.92 Å². The van der Waals surface area contributed by atoms with Gasteiger partial charge in [-0.3, -0.25) is 4.90 Å². The van der Waals surface area contributed by atoms with Crippen LogP contribution in [0.5, 0.6) is 0 Å². The second kappa shape index (κ2) is 8.00. The molecule has 0 aromatic rings. The molecule has 0 radical (unpaired) electrons. The maximum Gasteiger partial charge on any atom is 0.0672 e. The summed E-state index contributed by atoms with van der Waals surface area (Å²) < 4.78 is 0. The van der Waals surface area contributed by atoms with Gasteiger partial charge in [0.25, 0.3) is 0 Å². The van der Waals surface area contributed by atoms with Crippen molar-refractivity contribution in [2.45, 2.75) is 57.5 Å². The third-order valence-electron chi connectivity index (χ3n) is 4.07. The fourth-order valence-corrected chi connectivity index (χ4v) is 3.77. The van der Waals surface area contributed by atoms with Crippen molar-refractivity contribution in [1.82, 2.24) is 4.90 Å². The number of thioether (sulfide) groups is 1. The molecule has 0 N–H and O–H groups in total. The fourth-order valence-electron chi connectivity index (χ4n) is 2.91. The van der Waals surface area contributed by atoms with Crippen LogP contribution >= 0.6 is 11.8 Å². The van der Waals surface area contributed by atoms with Crippen molar-refractivity contribution < 1.29 is 0 Å². The summed E-state index contributed by atoms with van der Waals surface area (Å²) in [5.41, 5.74) is 0. The van der Waals surface area contributed by atoms with Gasteiger partial charge in [0.15, 0.2) is 0 Å². The zero-order chi connectivity index (χ0) is 12.7. The van der Waals surface area contributed by atoms with E-state index in [4.69, 9.17) is 0 Å². The minimum absolute atomic E-state index is 0.249. The summed E-state index contributed by atoms with van der Waals surface area (Å²) in [5.74, 6) is 1.43. The van der Waals surface area contributed by atoms with Gasteiger partial charge in [0.05, 0.1) is 12.0 Å². The van der Waals surface area contributed by atoms with Crippen molar-refractivity contribution in [2.75, 3.05) is 19.1 Å². The van der Waals surface area contributed by atoms with Gasteiger partial charge < -0.3 is 0 Å². The highest BCUT2D eigenvalue weighted by molar-refractivity contribution is 7.98. The third-order valence-corrected chi connectivity index (χ3v) is 4.79. The van der Waals surface area contributed by atoms with Gasteiger partial charge in [-0.25, -0.2) is 0 Å². The average Bonchev–Trinajstić information content (AvgIpc) is 2.59. The molecule has 0 bridgehead atoms. The lowest BCUT2D eigenvalue weighted by Gasteiger charge is -2.36. The largest absolute Gasteiger partial charge is 0.298 e. The molecular formula is C14H26N2S. The number of hydrogen-bond acceptors (Lipinski definition) is 3. The Morgan fingerprint density at radius 1 is 1.35 bits per heavy atom. The molecule has 1 rings (SSSR count). The Morgan fingerprint density at radius 3 is 2.65 bits per heavy atom. The highest BCUT2D eigenvalue weighted by atomic mass is 32.2. The quantitative estimate of drug-likeness (QED) is 0.702. The van der Waals surface area contributed by atoms with Gasteiger partial charge in [0, 0.05) is 17.8 Å². The van der Waals surface area contributed by atoms with E-state index in [0.717, 1.165) is 6.42 Å². The van der Waals surface area contributed by atoms with Crippen LogP contribution in [0.3, 0.4) is 0 Å². The molecule has 98 valence electrons. The molecule has 0 aromatic carbocycles. The lowest BCUT2D eigenvalue weighted by Crippen LogP contribution is -2.44. The Kier molecular flexibility index (Phi) is 6.99. The van der Waals surface area contributed by atoms with Gasteiger partial charge >= 0.3 is 0 Å². The maximum atomic E-state index is 9.34. The van der Waals surface area contributed by atoms with Gasteiger partial charge in [0.2, 0.25) is 0 Å². The molecule has 0 aliphatic heterocycles. The zero-order valence-corrected chi connectivity index (χ0v) is 12.3. The van der Waals surface area contributed by atoms with E-state index in [1.165, 1.54) is 37.9 Å². The van der Waals surface area contributed by atoms with Crippen molar-refractivity contribution in [3.63, 3.8) is 0 Å². The summed E-state index contributed by atoms with van der Waals surface area (Å²) in [6.45, 7) is 2.26. The first-order chi connectivity index (χ1) is 8.24. The van der Waals surface area contributed by atoms with Crippen LogP contribution in [0.15, 0.2) is 0 Å². The molecule has 0 heterocycles. The Morgan fingerprint density at radius 2 is 2.06 bits per heavy atom. The molecule has 3 atom stereocenters. The molecular weight excluding hydrogens is 228 g/mol. The predicted octanol–water partition coefficient (Wildman–Crippen LogP) is 3.53. The van der Waals surface area contributed by atoms with Gasteiger partial charge in [-0.05, 0) is 32.6 Å². The zero-order valence-electron chi connectivity index (χ0n) is 11.5. The highest BCUT2D eigenvalue weighted by Crippen LogP contribution is 2.28. The number of hydrogen-bond donors (Lipinski definition) is 0. The predicted molar refractivity (Wildman–Crippen MR) is 76.2 cm³/mol. The van der Waals surface area contributed by atoms with Crippen molar-refractivity contribution >= 4 is 11.8 Å². The average molecular weight is 254 g/mol. The minimum Gasteiger partial charge on any atom is -0.298 e. The van der Waals surface area contributed by atoms with Crippen LogP contribution in [0.4, 0.5) is 0 Å². The second-order valence-corrected chi connectivity index (χ2v) is 6.03. The fraction of sp³-hybridized carbons (Fsp3) is 0.929. The molecule has 1 aliphatic carbocycles. The van der Waals surface area contributed by atoms with Gasteiger partial charge in [-0.1, -0.05) is 26.2 Å². The van der Waals surface area contributed by atoms with E-state index in [1.54, 1.807) is 0 Å². The summed E-state index contributed by atoms with van der Waals surface area (Å²) >= 11 is 1.92. The number of nitriles is 1. The molecule has 17 heavy (non-hydrogen) atoms. The van der Waals surface area contributed by atoms with Crippen molar-refractivity contribution in [3.8, 4) is 6.07 Å². The molecule has 0 amide bonds. The molecule has 2 nitrogen and oxygen atoms in total. The summed E-state index contributed by atoms with van der Waals surface area (Å²) in [4.78, 5) is 2.50. The molecule has 0 saturated heterocycles. The Hall–Kier alpha value is -0.200. The van der Waals surface area contributed by atoms with E-state index in [1.807, 2.05) is 11.8 Å². The van der Waals surface area contributed by atoms with E-state index >= 15 is 0 Å². The van der Waals surface area contributed by atoms with E-state index in [0.29, 0.717) is 12.1 Å². The smallest absolute Gasteiger partial charge is 0.0672 e. The summed E-state index contributed by atoms with van der Waals surface area (Å²) in [7, 11) is 2.23. The van der Waals surface area contributed by atoms with Crippen LogP contribution in [-0.2, 0) is 0 Å². The standard InChI is InChI=1S/C14H26N2S/c1-4-13(11-17-3)16(2)14-9-7-5-6-8-12(14)10-15/h12-14H,4-9,11H2,1-3H3. The van der Waals surface area contributed by atoms with Gasteiger partial charge in [0.1, 0.15) is 0 Å².